The third-order valence-electron chi connectivity index (χ3n) is 1.77. The molecule has 1 heterocycles. The lowest BCUT2D eigenvalue weighted by Gasteiger charge is -1.95. The highest BCUT2D eigenvalue weighted by Crippen LogP contribution is 2.17. The van der Waals surface area contributed by atoms with E-state index in [-0.39, 0.29) is 5.91 Å². The third kappa shape index (κ3) is 1.20. The smallest absolute Gasteiger partial charge is 0.247 e. The molecular formula is C8H13NO. The van der Waals surface area contributed by atoms with Gasteiger partial charge in [-0.3, -0.25) is 4.79 Å². The van der Waals surface area contributed by atoms with Crippen LogP contribution in [-0.2, 0) is 4.79 Å². The van der Waals surface area contributed by atoms with Crippen LogP contribution in [-0.4, -0.2) is 11.9 Å². The van der Waals surface area contributed by atoms with Gasteiger partial charge in [0, 0.05) is 11.6 Å². The number of hydrogen-bond donors (Lipinski definition) is 1. The Kier molecular flexibility index (Phi) is 1.79. The van der Waals surface area contributed by atoms with Crippen LogP contribution in [0.4, 0.5) is 0 Å². The van der Waals surface area contributed by atoms with Crippen LogP contribution in [0.25, 0.3) is 0 Å². The summed E-state index contributed by atoms with van der Waals surface area (Å²) in [5.74, 6) is 0.118. The summed E-state index contributed by atoms with van der Waals surface area (Å²) in [7, 11) is 0. The Labute approximate surface area is 61.3 Å². The predicted molar refractivity (Wildman–Crippen MR) is 40.6 cm³/mol. The monoisotopic (exact) mass is 139 g/mol. The van der Waals surface area contributed by atoms with Crippen molar-refractivity contribution in [3.8, 4) is 0 Å². The highest BCUT2D eigenvalue weighted by atomic mass is 16.2. The van der Waals surface area contributed by atoms with E-state index in [1.807, 2.05) is 20.8 Å². The molecule has 0 spiro atoms. The van der Waals surface area contributed by atoms with Crippen molar-refractivity contribution in [2.45, 2.75) is 33.2 Å². The molecule has 0 aliphatic carbocycles. The topological polar surface area (TPSA) is 29.1 Å². The van der Waals surface area contributed by atoms with E-state index in [2.05, 4.69) is 5.32 Å². The molecule has 0 aromatic carbocycles. The van der Waals surface area contributed by atoms with Gasteiger partial charge in [0.25, 0.3) is 0 Å². The highest BCUT2D eigenvalue weighted by Gasteiger charge is 2.22. The Bertz CT molecular complexity index is 189. The summed E-state index contributed by atoms with van der Waals surface area (Å²) in [5, 5.41) is 2.85. The van der Waals surface area contributed by atoms with E-state index in [0.29, 0.717) is 6.04 Å². The van der Waals surface area contributed by atoms with Gasteiger partial charge in [-0.25, -0.2) is 0 Å². The van der Waals surface area contributed by atoms with Gasteiger partial charge in [0.15, 0.2) is 0 Å². The van der Waals surface area contributed by atoms with Gasteiger partial charge >= 0.3 is 0 Å². The number of amides is 1. The van der Waals surface area contributed by atoms with Crippen molar-refractivity contribution < 1.29 is 4.79 Å². The van der Waals surface area contributed by atoms with E-state index < -0.39 is 0 Å². The number of carbonyl (C=O) groups excluding carboxylic acids is 1. The SMILES string of the molecule is CC(C)=C1CC(C)NC1=O. The first-order valence-corrected chi connectivity index (χ1v) is 3.58. The summed E-state index contributed by atoms with van der Waals surface area (Å²) in [6.45, 7) is 5.98. The molecule has 0 radical (unpaired) electrons. The second-order valence-electron chi connectivity index (χ2n) is 3.06. The summed E-state index contributed by atoms with van der Waals surface area (Å²) in [6, 6.07) is 0.331. The van der Waals surface area contributed by atoms with Crippen molar-refractivity contribution in [2.75, 3.05) is 0 Å². The molecule has 2 nitrogen and oxygen atoms in total. The predicted octanol–water partition coefficient (Wildman–Crippen LogP) is 1.23. The van der Waals surface area contributed by atoms with Crippen LogP contribution < -0.4 is 5.32 Å². The zero-order valence-electron chi connectivity index (χ0n) is 6.69. The summed E-state index contributed by atoms with van der Waals surface area (Å²) in [5.41, 5.74) is 2.11. The summed E-state index contributed by atoms with van der Waals surface area (Å²) in [6.07, 6.45) is 0.890. The molecule has 0 saturated carbocycles. The van der Waals surface area contributed by atoms with Crippen LogP contribution in [0.2, 0.25) is 0 Å². The molecule has 10 heavy (non-hydrogen) atoms. The fourth-order valence-corrected chi connectivity index (χ4v) is 1.19. The zero-order chi connectivity index (χ0) is 7.72. The molecule has 2 heteroatoms. The number of rotatable bonds is 0. The summed E-state index contributed by atoms with van der Waals surface area (Å²) < 4.78 is 0. The van der Waals surface area contributed by atoms with Gasteiger partial charge in [0.05, 0.1) is 0 Å². The molecule has 1 saturated heterocycles. The van der Waals surface area contributed by atoms with Crippen molar-refractivity contribution in [3.63, 3.8) is 0 Å². The standard InChI is InChI=1S/C8H13NO/c1-5(2)7-4-6(3)9-8(7)10/h6H,4H2,1-3H3,(H,9,10). The van der Waals surface area contributed by atoms with Crippen LogP contribution in [0, 0.1) is 0 Å². The second-order valence-corrected chi connectivity index (χ2v) is 3.06. The lowest BCUT2D eigenvalue weighted by molar-refractivity contribution is -0.116. The number of hydrogen-bond acceptors (Lipinski definition) is 1. The van der Waals surface area contributed by atoms with Crippen molar-refractivity contribution in [3.05, 3.63) is 11.1 Å². The lowest BCUT2D eigenvalue weighted by Crippen LogP contribution is -2.22. The molecule has 1 rings (SSSR count). The second kappa shape index (κ2) is 2.45. The van der Waals surface area contributed by atoms with Crippen LogP contribution in [0.15, 0.2) is 11.1 Å². The van der Waals surface area contributed by atoms with Gasteiger partial charge in [-0.2, -0.15) is 0 Å². The Morgan fingerprint density at radius 2 is 2.20 bits per heavy atom. The molecule has 56 valence electrons. The van der Waals surface area contributed by atoms with Crippen LogP contribution in [0.5, 0.6) is 0 Å². The van der Waals surface area contributed by atoms with E-state index >= 15 is 0 Å². The molecule has 1 atom stereocenters. The lowest BCUT2D eigenvalue weighted by atomic mass is 10.1. The molecule has 1 fully saturated rings. The van der Waals surface area contributed by atoms with Crippen LogP contribution >= 0.6 is 0 Å². The highest BCUT2D eigenvalue weighted by molar-refractivity contribution is 5.96. The summed E-state index contributed by atoms with van der Waals surface area (Å²) in [4.78, 5) is 11.1. The fraction of sp³-hybridized carbons (Fsp3) is 0.625. The first kappa shape index (κ1) is 7.32. The van der Waals surface area contributed by atoms with Gasteiger partial charge in [-0.1, -0.05) is 5.57 Å². The minimum Gasteiger partial charge on any atom is -0.350 e. The maximum Gasteiger partial charge on any atom is 0.247 e. The third-order valence-corrected chi connectivity index (χ3v) is 1.77. The largest absolute Gasteiger partial charge is 0.350 e. The molecule has 0 bridgehead atoms. The summed E-state index contributed by atoms with van der Waals surface area (Å²) >= 11 is 0. The molecule has 1 aliphatic rings. The molecular weight excluding hydrogens is 126 g/mol. The fourth-order valence-electron chi connectivity index (χ4n) is 1.19. The maximum absolute atomic E-state index is 11.1. The van der Waals surface area contributed by atoms with Crippen molar-refractivity contribution in [2.24, 2.45) is 0 Å². The number of carbonyl (C=O) groups is 1. The normalized spacial score (nSPS) is 24.9. The van der Waals surface area contributed by atoms with Crippen LogP contribution in [0.3, 0.4) is 0 Å². The van der Waals surface area contributed by atoms with E-state index in [1.165, 1.54) is 0 Å². The average Bonchev–Trinajstić information content (AvgIpc) is 2.10. The Morgan fingerprint density at radius 3 is 2.40 bits per heavy atom. The van der Waals surface area contributed by atoms with E-state index in [4.69, 9.17) is 0 Å². The maximum atomic E-state index is 11.1. The molecule has 1 aliphatic heterocycles. The average molecular weight is 139 g/mol. The Hall–Kier alpha value is -0.790. The minimum atomic E-state index is 0.118. The molecule has 1 amide bonds. The quantitative estimate of drug-likeness (QED) is 0.502. The zero-order valence-corrected chi connectivity index (χ0v) is 6.69. The Balaban J connectivity index is 2.83. The van der Waals surface area contributed by atoms with Gasteiger partial charge in [0.1, 0.15) is 0 Å². The van der Waals surface area contributed by atoms with Gasteiger partial charge < -0.3 is 5.32 Å². The molecule has 1 unspecified atom stereocenters. The van der Waals surface area contributed by atoms with Gasteiger partial charge in [0.2, 0.25) is 5.91 Å². The van der Waals surface area contributed by atoms with E-state index in [1.54, 1.807) is 0 Å². The van der Waals surface area contributed by atoms with Gasteiger partial charge in [-0.05, 0) is 27.2 Å². The minimum absolute atomic E-state index is 0.118. The van der Waals surface area contributed by atoms with Gasteiger partial charge in [-0.15, -0.1) is 0 Å². The first-order valence-electron chi connectivity index (χ1n) is 3.58. The van der Waals surface area contributed by atoms with Crippen molar-refractivity contribution in [1.29, 1.82) is 0 Å². The first-order chi connectivity index (χ1) is 4.61. The number of nitrogens with one attached hydrogen (secondary N) is 1. The molecule has 0 aromatic heterocycles. The van der Waals surface area contributed by atoms with Crippen molar-refractivity contribution in [1.82, 2.24) is 5.32 Å². The molecule has 0 aromatic rings. The Morgan fingerprint density at radius 1 is 1.60 bits per heavy atom. The van der Waals surface area contributed by atoms with Crippen molar-refractivity contribution >= 4 is 5.91 Å². The van der Waals surface area contributed by atoms with E-state index in [9.17, 15) is 4.79 Å². The number of allylic oxidation sites excluding steroid dienone is 1. The molecule has 1 N–H and O–H groups in total. The van der Waals surface area contributed by atoms with Crippen LogP contribution in [0.1, 0.15) is 27.2 Å². The van der Waals surface area contributed by atoms with E-state index in [0.717, 1.165) is 17.6 Å².